The number of H-pyrrole nitrogens is 1. The van der Waals surface area contributed by atoms with Crippen LogP contribution in [-0.4, -0.2) is 27.1 Å². The van der Waals surface area contributed by atoms with Gasteiger partial charge in [-0.3, -0.25) is 14.3 Å². The highest BCUT2D eigenvalue weighted by atomic mass is 32.2. The van der Waals surface area contributed by atoms with E-state index in [9.17, 15) is 9.59 Å². The van der Waals surface area contributed by atoms with Crippen molar-refractivity contribution in [3.8, 4) is 0 Å². The van der Waals surface area contributed by atoms with Crippen molar-refractivity contribution in [2.24, 2.45) is 0 Å². The molecule has 0 aliphatic rings. The summed E-state index contributed by atoms with van der Waals surface area (Å²) in [5.41, 5.74) is 5.30. The van der Waals surface area contributed by atoms with Gasteiger partial charge in [0.25, 0.3) is 5.56 Å². The van der Waals surface area contributed by atoms with Gasteiger partial charge in [-0.25, -0.2) is 4.79 Å². The molecule has 0 aliphatic heterocycles. The number of hydrogen-bond acceptors (Lipinski definition) is 5. The standard InChI is InChI=1S/C12H22N4O2S/c1-4-6-16-10(13)9(11(17)15-12(16)18)14-8(3)7-19-5-2/h8,14H,4-7,13H2,1-3H3,(H,15,17,18). The van der Waals surface area contributed by atoms with E-state index < -0.39 is 11.2 Å². The summed E-state index contributed by atoms with van der Waals surface area (Å²) in [6.07, 6.45) is 0.775. The molecule has 4 N–H and O–H groups in total. The smallest absolute Gasteiger partial charge is 0.330 e. The van der Waals surface area contributed by atoms with E-state index >= 15 is 0 Å². The lowest BCUT2D eigenvalue weighted by Gasteiger charge is -2.17. The number of thioether (sulfide) groups is 1. The molecule has 7 heteroatoms. The van der Waals surface area contributed by atoms with Crippen molar-refractivity contribution < 1.29 is 0 Å². The Morgan fingerprint density at radius 1 is 1.42 bits per heavy atom. The second kappa shape index (κ2) is 7.28. The third-order valence-corrected chi connectivity index (χ3v) is 3.79. The van der Waals surface area contributed by atoms with Crippen molar-refractivity contribution in [2.75, 3.05) is 22.6 Å². The number of aromatic nitrogens is 2. The van der Waals surface area contributed by atoms with Gasteiger partial charge in [-0.05, 0) is 19.1 Å². The normalized spacial score (nSPS) is 12.4. The van der Waals surface area contributed by atoms with Crippen LogP contribution >= 0.6 is 11.8 Å². The SMILES string of the molecule is CCCn1c(N)c(NC(C)CSCC)c(=O)[nH]c1=O. The third-order valence-electron chi connectivity index (χ3n) is 2.65. The van der Waals surface area contributed by atoms with E-state index in [4.69, 9.17) is 5.73 Å². The highest BCUT2D eigenvalue weighted by Crippen LogP contribution is 2.13. The summed E-state index contributed by atoms with van der Waals surface area (Å²) < 4.78 is 1.39. The molecule has 0 bridgehead atoms. The number of hydrogen-bond donors (Lipinski definition) is 3. The van der Waals surface area contributed by atoms with E-state index in [-0.39, 0.29) is 17.5 Å². The molecule has 0 amide bonds. The van der Waals surface area contributed by atoms with Crippen LogP contribution in [0.15, 0.2) is 9.59 Å². The number of rotatable bonds is 7. The van der Waals surface area contributed by atoms with Gasteiger partial charge in [0.1, 0.15) is 11.5 Å². The fourth-order valence-corrected chi connectivity index (χ4v) is 2.43. The Morgan fingerprint density at radius 2 is 2.11 bits per heavy atom. The lowest BCUT2D eigenvalue weighted by Crippen LogP contribution is -2.35. The van der Waals surface area contributed by atoms with E-state index in [1.165, 1.54) is 4.57 Å². The van der Waals surface area contributed by atoms with E-state index in [0.29, 0.717) is 6.54 Å². The van der Waals surface area contributed by atoms with Crippen LogP contribution in [0.5, 0.6) is 0 Å². The maximum atomic E-state index is 11.8. The Morgan fingerprint density at radius 3 is 2.68 bits per heavy atom. The van der Waals surface area contributed by atoms with Crippen LogP contribution in [0.2, 0.25) is 0 Å². The average molecular weight is 286 g/mol. The topological polar surface area (TPSA) is 92.9 Å². The molecular weight excluding hydrogens is 264 g/mol. The summed E-state index contributed by atoms with van der Waals surface area (Å²) in [5.74, 6) is 2.11. The molecule has 0 aliphatic carbocycles. The molecule has 1 unspecified atom stereocenters. The molecule has 0 radical (unpaired) electrons. The summed E-state index contributed by atoms with van der Waals surface area (Å²) in [6.45, 7) is 6.51. The zero-order valence-corrected chi connectivity index (χ0v) is 12.5. The fourth-order valence-electron chi connectivity index (χ4n) is 1.76. The van der Waals surface area contributed by atoms with Crippen LogP contribution in [0.1, 0.15) is 27.2 Å². The number of nitrogens with one attached hydrogen (secondary N) is 2. The lowest BCUT2D eigenvalue weighted by molar-refractivity contribution is 0.641. The first kappa shape index (κ1) is 15.7. The molecule has 1 heterocycles. The van der Waals surface area contributed by atoms with Crippen molar-refractivity contribution in [1.82, 2.24) is 9.55 Å². The van der Waals surface area contributed by atoms with Gasteiger partial charge in [0, 0.05) is 18.3 Å². The monoisotopic (exact) mass is 286 g/mol. The number of anilines is 2. The van der Waals surface area contributed by atoms with Crippen LogP contribution in [0.4, 0.5) is 11.5 Å². The quantitative estimate of drug-likeness (QED) is 0.697. The fraction of sp³-hybridized carbons (Fsp3) is 0.667. The molecule has 1 rings (SSSR count). The van der Waals surface area contributed by atoms with E-state index in [1.54, 1.807) is 11.8 Å². The van der Waals surface area contributed by atoms with Gasteiger partial charge in [0.15, 0.2) is 0 Å². The van der Waals surface area contributed by atoms with E-state index in [2.05, 4.69) is 17.2 Å². The number of nitrogen functional groups attached to an aromatic ring is 1. The zero-order valence-electron chi connectivity index (χ0n) is 11.7. The molecule has 0 saturated heterocycles. The molecular formula is C12H22N4O2S. The summed E-state index contributed by atoms with van der Waals surface area (Å²) in [5, 5.41) is 3.09. The van der Waals surface area contributed by atoms with Gasteiger partial charge >= 0.3 is 5.69 Å². The third kappa shape index (κ3) is 4.05. The maximum absolute atomic E-state index is 11.8. The van der Waals surface area contributed by atoms with Gasteiger partial charge in [-0.1, -0.05) is 13.8 Å². The van der Waals surface area contributed by atoms with Crippen molar-refractivity contribution in [3.63, 3.8) is 0 Å². The highest BCUT2D eigenvalue weighted by molar-refractivity contribution is 7.99. The van der Waals surface area contributed by atoms with Gasteiger partial charge in [-0.15, -0.1) is 0 Å². The van der Waals surface area contributed by atoms with Crippen molar-refractivity contribution in [2.45, 2.75) is 39.8 Å². The second-order valence-electron chi connectivity index (χ2n) is 4.38. The first-order valence-corrected chi connectivity index (χ1v) is 7.63. The molecule has 0 saturated carbocycles. The first-order chi connectivity index (χ1) is 9.01. The summed E-state index contributed by atoms with van der Waals surface area (Å²) in [4.78, 5) is 25.8. The summed E-state index contributed by atoms with van der Waals surface area (Å²) >= 11 is 1.78. The highest BCUT2D eigenvalue weighted by Gasteiger charge is 2.13. The van der Waals surface area contributed by atoms with Crippen molar-refractivity contribution in [3.05, 3.63) is 20.8 Å². The van der Waals surface area contributed by atoms with Gasteiger partial charge in [0.2, 0.25) is 0 Å². The minimum absolute atomic E-state index is 0.112. The van der Waals surface area contributed by atoms with Gasteiger partial charge < -0.3 is 11.1 Å². The number of nitrogens with two attached hydrogens (primary N) is 1. The molecule has 6 nitrogen and oxygen atoms in total. The van der Waals surface area contributed by atoms with Gasteiger partial charge in [-0.2, -0.15) is 11.8 Å². The Labute approximate surface area is 116 Å². The molecule has 1 atom stereocenters. The van der Waals surface area contributed by atoms with Crippen LogP contribution in [0.3, 0.4) is 0 Å². The largest absolute Gasteiger partial charge is 0.383 e. The molecule has 0 aromatic carbocycles. The Hall–Kier alpha value is -1.37. The zero-order chi connectivity index (χ0) is 14.4. The van der Waals surface area contributed by atoms with Crippen molar-refractivity contribution >= 4 is 23.3 Å². The van der Waals surface area contributed by atoms with E-state index in [1.807, 2.05) is 13.8 Å². The second-order valence-corrected chi connectivity index (χ2v) is 5.69. The molecule has 19 heavy (non-hydrogen) atoms. The van der Waals surface area contributed by atoms with Crippen LogP contribution in [0, 0.1) is 0 Å². The minimum atomic E-state index is -0.455. The summed E-state index contributed by atoms with van der Waals surface area (Å²) in [6, 6.07) is 0.112. The molecule has 1 aromatic rings. The van der Waals surface area contributed by atoms with E-state index in [0.717, 1.165) is 17.9 Å². The lowest BCUT2D eigenvalue weighted by atomic mass is 10.3. The summed E-state index contributed by atoms with van der Waals surface area (Å²) in [7, 11) is 0. The predicted octanol–water partition coefficient (Wildman–Crippen LogP) is 1.08. The van der Waals surface area contributed by atoms with Crippen LogP contribution in [0.25, 0.3) is 0 Å². The van der Waals surface area contributed by atoms with Crippen LogP contribution in [-0.2, 0) is 6.54 Å². The number of nitrogens with zero attached hydrogens (tertiary/aromatic N) is 1. The van der Waals surface area contributed by atoms with Gasteiger partial charge in [0.05, 0.1) is 0 Å². The molecule has 1 aromatic heterocycles. The maximum Gasteiger partial charge on any atom is 0.330 e. The van der Waals surface area contributed by atoms with Crippen LogP contribution < -0.4 is 22.3 Å². The predicted molar refractivity (Wildman–Crippen MR) is 82.1 cm³/mol. The van der Waals surface area contributed by atoms with Crippen molar-refractivity contribution in [1.29, 1.82) is 0 Å². The molecule has 0 fully saturated rings. The average Bonchev–Trinajstić information content (AvgIpc) is 2.37. The number of aromatic amines is 1. The first-order valence-electron chi connectivity index (χ1n) is 6.48. The molecule has 108 valence electrons. The Kier molecular flexibility index (Phi) is 6.01. The Balaban J connectivity index is 3.03. The Bertz CT molecular complexity index is 523. The molecule has 0 spiro atoms. The minimum Gasteiger partial charge on any atom is -0.383 e.